The predicted molar refractivity (Wildman–Crippen MR) is 107 cm³/mol. The van der Waals surface area contributed by atoms with Crippen molar-refractivity contribution in [3.63, 3.8) is 0 Å². The number of carbonyl (C=O) groups is 1. The Morgan fingerprint density at radius 3 is 2.81 bits per heavy atom. The first-order valence-electron chi connectivity index (χ1n) is 9.93. The molecule has 0 unspecified atom stereocenters. The number of H-pyrrole nitrogens is 1. The third-order valence-corrected chi connectivity index (χ3v) is 5.57. The van der Waals surface area contributed by atoms with Crippen molar-refractivity contribution < 1.29 is 9.53 Å². The molecule has 2 heterocycles. The largest absolute Gasteiger partial charge is 0.376 e. The Morgan fingerprint density at radius 2 is 2.11 bits per heavy atom. The van der Waals surface area contributed by atoms with Crippen LogP contribution in [0.2, 0.25) is 0 Å². The third kappa shape index (κ3) is 5.42. The van der Waals surface area contributed by atoms with E-state index < -0.39 is 0 Å². The van der Waals surface area contributed by atoms with Gasteiger partial charge in [0.25, 0.3) is 0 Å². The van der Waals surface area contributed by atoms with Gasteiger partial charge < -0.3 is 10.1 Å². The molecule has 3 rings (SSSR count). The van der Waals surface area contributed by atoms with E-state index in [9.17, 15) is 4.79 Å². The molecule has 1 aromatic heterocycles. The van der Waals surface area contributed by atoms with Crippen LogP contribution in [0.1, 0.15) is 57.1 Å². The van der Waals surface area contributed by atoms with E-state index in [0.717, 1.165) is 44.3 Å². The monoisotopic (exact) mass is 369 g/mol. The fraction of sp³-hybridized carbons (Fsp3) is 0.545. The summed E-state index contributed by atoms with van der Waals surface area (Å²) in [7, 11) is 0. The zero-order chi connectivity index (χ0) is 19.2. The van der Waals surface area contributed by atoms with Gasteiger partial charge in [-0.15, -0.1) is 0 Å². The fourth-order valence-electron chi connectivity index (χ4n) is 4.27. The van der Waals surface area contributed by atoms with Crippen LogP contribution in [0.4, 0.5) is 0 Å². The summed E-state index contributed by atoms with van der Waals surface area (Å²) in [5.74, 6) is 0.132. The molecular formula is C22H31N3O2. The summed E-state index contributed by atoms with van der Waals surface area (Å²) in [5, 5.41) is 9.87. The van der Waals surface area contributed by atoms with Gasteiger partial charge >= 0.3 is 0 Å². The Bertz CT molecular complexity index is 712. The Morgan fingerprint density at radius 1 is 1.30 bits per heavy atom. The summed E-state index contributed by atoms with van der Waals surface area (Å²) in [6, 6.07) is 10.7. The summed E-state index contributed by atoms with van der Waals surface area (Å²) in [6.45, 7) is 5.80. The molecule has 5 nitrogen and oxygen atoms in total. The highest BCUT2D eigenvalue weighted by Crippen LogP contribution is 2.43. The van der Waals surface area contributed by atoms with Gasteiger partial charge in [0, 0.05) is 31.2 Å². The quantitative estimate of drug-likeness (QED) is 0.744. The molecule has 1 saturated heterocycles. The molecule has 2 aromatic rings. The van der Waals surface area contributed by atoms with Crippen LogP contribution in [-0.2, 0) is 21.4 Å². The molecule has 0 aliphatic carbocycles. The summed E-state index contributed by atoms with van der Waals surface area (Å²) < 4.78 is 5.96. The summed E-state index contributed by atoms with van der Waals surface area (Å²) in [6.07, 6.45) is 8.88. The first-order chi connectivity index (χ1) is 13.0. The number of aromatic amines is 1. The molecule has 2 N–H and O–H groups in total. The minimum Gasteiger partial charge on any atom is -0.376 e. The Hall–Kier alpha value is -2.14. The van der Waals surface area contributed by atoms with Gasteiger partial charge in [-0.2, -0.15) is 5.10 Å². The molecule has 1 aliphatic heterocycles. The van der Waals surface area contributed by atoms with Crippen LogP contribution >= 0.6 is 0 Å². The van der Waals surface area contributed by atoms with Gasteiger partial charge in [-0.05, 0) is 57.1 Å². The maximum Gasteiger partial charge on any atom is 0.220 e. The Kier molecular flexibility index (Phi) is 6.32. The van der Waals surface area contributed by atoms with Crippen molar-refractivity contribution in [1.29, 1.82) is 0 Å². The molecule has 0 saturated carbocycles. The minimum absolute atomic E-state index is 0.0626. The number of nitrogens with zero attached hydrogens (tertiary/aromatic N) is 1. The van der Waals surface area contributed by atoms with E-state index in [-0.39, 0.29) is 16.9 Å². The first-order valence-corrected chi connectivity index (χ1v) is 9.93. The highest BCUT2D eigenvalue weighted by molar-refractivity contribution is 5.75. The van der Waals surface area contributed by atoms with Gasteiger partial charge in [0.05, 0.1) is 11.8 Å². The smallest absolute Gasteiger partial charge is 0.220 e. The van der Waals surface area contributed by atoms with Gasteiger partial charge in [0.1, 0.15) is 0 Å². The van der Waals surface area contributed by atoms with Crippen molar-refractivity contribution >= 4 is 5.91 Å². The van der Waals surface area contributed by atoms with Crippen LogP contribution in [0.25, 0.3) is 0 Å². The van der Waals surface area contributed by atoms with E-state index >= 15 is 0 Å². The number of amides is 1. The van der Waals surface area contributed by atoms with Crippen LogP contribution < -0.4 is 5.32 Å². The number of aromatic nitrogens is 2. The van der Waals surface area contributed by atoms with Crippen molar-refractivity contribution in [2.75, 3.05) is 13.2 Å². The lowest BCUT2D eigenvalue weighted by Gasteiger charge is -2.45. The molecule has 1 fully saturated rings. The van der Waals surface area contributed by atoms with E-state index in [1.807, 2.05) is 12.4 Å². The molecule has 1 atom stereocenters. The highest BCUT2D eigenvalue weighted by atomic mass is 16.5. The van der Waals surface area contributed by atoms with E-state index in [2.05, 4.69) is 59.7 Å². The first kappa shape index (κ1) is 19.6. The number of hydrogen-bond donors (Lipinski definition) is 2. The number of carbonyl (C=O) groups excluding carboxylic acids is 1. The topological polar surface area (TPSA) is 67.0 Å². The second kappa shape index (κ2) is 8.70. The van der Waals surface area contributed by atoms with Crippen LogP contribution in [0.5, 0.6) is 0 Å². The van der Waals surface area contributed by atoms with Gasteiger partial charge in [-0.3, -0.25) is 9.89 Å². The SMILES string of the molecule is CC1(C)C[C@@](CCNC(=O)CCCc2cn[nH]c2)(c2ccccc2)CCO1. The zero-order valence-corrected chi connectivity index (χ0v) is 16.5. The second-order valence-corrected chi connectivity index (χ2v) is 8.24. The number of nitrogens with one attached hydrogen (secondary N) is 2. The van der Waals surface area contributed by atoms with Crippen molar-refractivity contribution in [1.82, 2.24) is 15.5 Å². The molecular weight excluding hydrogens is 338 g/mol. The number of rotatable bonds is 8. The Labute approximate surface area is 161 Å². The van der Waals surface area contributed by atoms with E-state index in [0.29, 0.717) is 13.0 Å². The number of benzene rings is 1. The molecule has 0 spiro atoms. The Balaban J connectivity index is 1.53. The van der Waals surface area contributed by atoms with Crippen molar-refractivity contribution in [3.8, 4) is 0 Å². The summed E-state index contributed by atoms with van der Waals surface area (Å²) >= 11 is 0. The van der Waals surface area contributed by atoms with Crippen LogP contribution in [0, 0.1) is 0 Å². The fourth-order valence-corrected chi connectivity index (χ4v) is 4.27. The lowest BCUT2D eigenvalue weighted by atomic mass is 9.67. The molecule has 1 aromatic carbocycles. The van der Waals surface area contributed by atoms with Gasteiger partial charge in [0.2, 0.25) is 5.91 Å². The molecule has 146 valence electrons. The maximum absolute atomic E-state index is 12.2. The van der Waals surface area contributed by atoms with Gasteiger partial charge in [-0.25, -0.2) is 0 Å². The minimum atomic E-state index is -0.136. The van der Waals surface area contributed by atoms with E-state index in [1.165, 1.54) is 5.56 Å². The van der Waals surface area contributed by atoms with Crippen LogP contribution in [-0.4, -0.2) is 34.9 Å². The maximum atomic E-state index is 12.2. The second-order valence-electron chi connectivity index (χ2n) is 8.24. The lowest BCUT2D eigenvalue weighted by molar-refractivity contribution is -0.121. The molecule has 5 heteroatoms. The molecule has 1 aliphatic rings. The van der Waals surface area contributed by atoms with E-state index in [1.54, 1.807) is 0 Å². The van der Waals surface area contributed by atoms with Crippen molar-refractivity contribution in [2.24, 2.45) is 0 Å². The normalized spacial score (nSPS) is 21.7. The molecule has 27 heavy (non-hydrogen) atoms. The third-order valence-electron chi connectivity index (χ3n) is 5.57. The molecule has 0 radical (unpaired) electrons. The summed E-state index contributed by atoms with van der Waals surface area (Å²) in [4.78, 5) is 12.2. The van der Waals surface area contributed by atoms with Crippen LogP contribution in [0.15, 0.2) is 42.7 Å². The van der Waals surface area contributed by atoms with Crippen LogP contribution in [0.3, 0.4) is 0 Å². The average molecular weight is 370 g/mol. The predicted octanol–water partition coefficient (Wildman–Crippen LogP) is 3.77. The van der Waals surface area contributed by atoms with Gasteiger partial charge in [0.15, 0.2) is 0 Å². The summed E-state index contributed by atoms with van der Waals surface area (Å²) in [5.41, 5.74) is 2.43. The average Bonchev–Trinajstić information content (AvgIpc) is 3.15. The van der Waals surface area contributed by atoms with Gasteiger partial charge in [-0.1, -0.05) is 30.3 Å². The number of ether oxygens (including phenoxy) is 1. The number of aryl methyl sites for hydroxylation is 1. The number of hydrogen-bond acceptors (Lipinski definition) is 3. The highest BCUT2D eigenvalue weighted by Gasteiger charge is 2.41. The molecule has 0 bridgehead atoms. The zero-order valence-electron chi connectivity index (χ0n) is 16.5. The lowest BCUT2D eigenvalue weighted by Crippen LogP contribution is -2.45. The standard InChI is InChI=1S/C22H31N3O2/c1-21(2)17-22(12-14-27-21,19-8-4-3-5-9-19)11-13-23-20(26)10-6-7-18-15-24-25-16-18/h3-5,8-9,15-16H,6-7,10-14,17H2,1-2H3,(H,23,26)(H,24,25)/t22-/m0/s1. The molecule has 1 amide bonds. The van der Waals surface area contributed by atoms with Crippen molar-refractivity contribution in [3.05, 3.63) is 53.9 Å². The van der Waals surface area contributed by atoms with E-state index in [4.69, 9.17) is 4.74 Å². The van der Waals surface area contributed by atoms with Crippen molar-refractivity contribution in [2.45, 2.75) is 63.4 Å².